The van der Waals surface area contributed by atoms with Crippen LogP contribution in [0, 0.1) is 19.7 Å². The molecule has 0 saturated heterocycles. The fraction of sp³-hybridized carbons (Fsp3) is 0.176. The minimum Gasteiger partial charge on any atom is -0.483 e. The van der Waals surface area contributed by atoms with Gasteiger partial charge >= 0.3 is 0 Å². The van der Waals surface area contributed by atoms with Gasteiger partial charge in [0.05, 0.1) is 0 Å². The number of carbonyl (C=O) groups is 1. The second kappa shape index (κ2) is 7.69. The van der Waals surface area contributed by atoms with Crippen LogP contribution in [0.25, 0.3) is 0 Å². The lowest BCUT2D eigenvalue weighted by atomic mass is 10.1. The van der Waals surface area contributed by atoms with Crippen molar-refractivity contribution < 1.29 is 13.9 Å². The Morgan fingerprint density at radius 1 is 1.17 bits per heavy atom. The Morgan fingerprint density at radius 2 is 1.87 bits per heavy atom. The van der Waals surface area contributed by atoms with Gasteiger partial charge in [-0.25, -0.2) is 4.39 Å². The number of aryl methyl sites for hydroxylation is 2. The summed E-state index contributed by atoms with van der Waals surface area (Å²) in [7, 11) is 0. The highest BCUT2D eigenvalue weighted by molar-refractivity contribution is 7.80. The standard InChI is InChI=1S/C17H17FN2O2S/c1-11-3-4-12(2)15(9-11)22-10-16(21)20-17(23)19-14-7-5-13(18)6-8-14/h3-9H,10H2,1-2H3,(H2,19,20,21,23). The van der Waals surface area contributed by atoms with E-state index in [4.69, 9.17) is 17.0 Å². The summed E-state index contributed by atoms with van der Waals surface area (Å²) in [5.41, 5.74) is 2.60. The van der Waals surface area contributed by atoms with E-state index in [0.717, 1.165) is 11.1 Å². The molecule has 2 N–H and O–H groups in total. The van der Waals surface area contributed by atoms with Crippen molar-refractivity contribution in [3.05, 3.63) is 59.4 Å². The summed E-state index contributed by atoms with van der Waals surface area (Å²) in [6.07, 6.45) is 0. The fourth-order valence-electron chi connectivity index (χ4n) is 1.86. The molecular formula is C17H17FN2O2S. The topological polar surface area (TPSA) is 50.4 Å². The average molecular weight is 332 g/mol. The summed E-state index contributed by atoms with van der Waals surface area (Å²) in [5, 5.41) is 5.44. The largest absolute Gasteiger partial charge is 0.483 e. The van der Waals surface area contributed by atoms with Crippen LogP contribution in [0.4, 0.5) is 10.1 Å². The molecule has 0 aliphatic rings. The van der Waals surface area contributed by atoms with Crippen molar-refractivity contribution in [2.45, 2.75) is 13.8 Å². The molecule has 4 nitrogen and oxygen atoms in total. The van der Waals surface area contributed by atoms with E-state index in [1.54, 1.807) is 0 Å². The van der Waals surface area contributed by atoms with Gasteiger partial charge < -0.3 is 10.1 Å². The molecule has 0 spiro atoms. The zero-order valence-corrected chi connectivity index (χ0v) is 13.7. The van der Waals surface area contributed by atoms with Gasteiger partial charge in [0.2, 0.25) is 0 Å². The van der Waals surface area contributed by atoms with Crippen molar-refractivity contribution in [1.29, 1.82) is 0 Å². The van der Waals surface area contributed by atoms with Crippen LogP contribution < -0.4 is 15.4 Å². The summed E-state index contributed by atoms with van der Waals surface area (Å²) in [5.74, 6) is -0.0458. The summed E-state index contributed by atoms with van der Waals surface area (Å²) in [6.45, 7) is 3.72. The monoisotopic (exact) mass is 332 g/mol. The minimum absolute atomic E-state index is 0.131. The molecule has 2 aromatic rings. The van der Waals surface area contributed by atoms with Crippen LogP contribution in [0.5, 0.6) is 5.75 Å². The Labute approximate surface area is 139 Å². The first-order valence-electron chi connectivity index (χ1n) is 7.00. The first-order valence-corrected chi connectivity index (χ1v) is 7.41. The summed E-state index contributed by atoms with van der Waals surface area (Å²) >= 11 is 5.03. The van der Waals surface area contributed by atoms with Gasteiger partial charge in [0.1, 0.15) is 11.6 Å². The third kappa shape index (κ3) is 5.34. The van der Waals surface area contributed by atoms with Gasteiger partial charge in [0.15, 0.2) is 11.7 Å². The predicted octanol–water partition coefficient (Wildman–Crippen LogP) is 3.33. The predicted molar refractivity (Wildman–Crippen MR) is 92.2 cm³/mol. The smallest absolute Gasteiger partial charge is 0.264 e. The van der Waals surface area contributed by atoms with E-state index in [-0.39, 0.29) is 23.4 Å². The van der Waals surface area contributed by atoms with E-state index >= 15 is 0 Å². The Bertz CT molecular complexity index is 717. The van der Waals surface area contributed by atoms with E-state index in [1.807, 2.05) is 32.0 Å². The minimum atomic E-state index is -0.370. The Kier molecular flexibility index (Phi) is 5.65. The van der Waals surface area contributed by atoms with Crippen molar-refractivity contribution in [3.8, 4) is 5.75 Å². The fourth-order valence-corrected chi connectivity index (χ4v) is 2.10. The molecule has 1 amide bonds. The second-order valence-corrected chi connectivity index (χ2v) is 5.48. The zero-order valence-electron chi connectivity index (χ0n) is 12.9. The van der Waals surface area contributed by atoms with E-state index < -0.39 is 0 Å². The van der Waals surface area contributed by atoms with Crippen molar-refractivity contribution >= 4 is 28.9 Å². The quantitative estimate of drug-likeness (QED) is 0.843. The lowest BCUT2D eigenvalue weighted by molar-refractivity contribution is -0.121. The number of thiocarbonyl (C=S) groups is 1. The number of rotatable bonds is 4. The first kappa shape index (κ1) is 16.9. The molecule has 0 radical (unpaired) electrons. The molecule has 23 heavy (non-hydrogen) atoms. The number of amides is 1. The number of hydrogen-bond donors (Lipinski definition) is 2. The van der Waals surface area contributed by atoms with Crippen molar-refractivity contribution in [3.63, 3.8) is 0 Å². The number of ether oxygens (including phenoxy) is 1. The van der Waals surface area contributed by atoms with E-state index in [1.165, 1.54) is 24.3 Å². The van der Waals surface area contributed by atoms with E-state index in [9.17, 15) is 9.18 Å². The maximum Gasteiger partial charge on any atom is 0.264 e. The molecule has 2 rings (SSSR count). The molecule has 0 atom stereocenters. The lowest BCUT2D eigenvalue weighted by Crippen LogP contribution is -2.37. The molecule has 0 heterocycles. The van der Waals surface area contributed by atoms with Crippen LogP contribution in [0.2, 0.25) is 0 Å². The number of benzene rings is 2. The van der Waals surface area contributed by atoms with Crippen LogP contribution in [-0.2, 0) is 4.79 Å². The van der Waals surface area contributed by atoms with Gasteiger partial charge in [-0.3, -0.25) is 10.1 Å². The maximum atomic E-state index is 12.8. The molecule has 0 unspecified atom stereocenters. The summed E-state index contributed by atoms with van der Waals surface area (Å²) < 4.78 is 18.3. The lowest BCUT2D eigenvalue weighted by Gasteiger charge is -2.12. The van der Waals surface area contributed by atoms with Gasteiger partial charge in [-0.2, -0.15) is 0 Å². The van der Waals surface area contributed by atoms with E-state index in [0.29, 0.717) is 11.4 Å². The SMILES string of the molecule is Cc1ccc(C)c(OCC(=O)NC(=S)Nc2ccc(F)cc2)c1. The molecule has 0 fully saturated rings. The van der Waals surface area contributed by atoms with Crippen LogP contribution in [0.1, 0.15) is 11.1 Å². The molecule has 0 aliphatic heterocycles. The maximum absolute atomic E-state index is 12.8. The van der Waals surface area contributed by atoms with Crippen molar-refractivity contribution in [1.82, 2.24) is 5.32 Å². The number of hydrogen-bond acceptors (Lipinski definition) is 3. The Morgan fingerprint density at radius 3 is 2.57 bits per heavy atom. The third-order valence-corrected chi connectivity index (χ3v) is 3.26. The average Bonchev–Trinajstić information content (AvgIpc) is 2.50. The van der Waals surface area contributed by atoms with Crippen molar-refractivity contribution in [2.24, 2.45) is 0 Å². The van der Waals surface area contributed by atoms with Gasteiger partial charge in [-0.1, -0.05) is 12.1 Å². The Hall–Kier alpha value is -2.47. The van der Waals surface area contributed by atoms with Crippen LogP contribution in [0.15, 0.2) is 42.5 Å². The molecule has 0 aliphatic carbocycles. The highest BCUT2D eigenvalue weighted by Crippen LogP contribution is 2.18. The van der Waals surface area contributed by atoms with E-state index in [2.05, 4.69) is 10.6 Å². The first-order chi connectivity index (χ1) is 10.9. The highest BCUT2D eigenvalue weighted by Gasteiger charge is 2.07. The summed E-state index contributed by atoms with van der Waals surface area (Å²) in [4.78, 5) is 11.8. The molecule has 0 aromatic heterocycles. The summed E-state index contributed by atoms with van der Waals surface area (Å²) in [6, 6.07) is 11.4. The number of carbonyl (C=O) groups excluding carboxylic acids is 1. The molecule has 120 valence electrons. The normalized spacial score (nSPS) is 10.0. The van der Waals surface area contributed by atoms with Gasteiger partial charge in [-0.05, 0) is 67.5 Å². The second-order valence-electron chi connectivity index (χ2n) is 5.07. The molecular weight excluding hydrogens is 315 g/mol. The highest BCUT2D eigenvalue weighted by atomic mass is 32.1. The number of halogens is 1. The van der Waals surface area contributed by atoms with Crippen molar-refractivity contribution in [2.75, 3.05) is 11.9 Å². The third-order valence-electron chi connectivity index (χ3n) is 3.06. The number of anilines is 1. The van der Waals surface area contributed by atoms with Crippen LogP contribution in [0.3, 0.4) is 0 Å². The van der Waals surface area contributed by atoms with Gasteiger partial charge in [0.25, 0.3) is 5.91 Å². The zero-order chi connectivity index (χ0) is 16.8. The Balaban J connectivity index is 1.83. The molecule has 2 aromatic carbocycles. The van der Waals surface area contributed by atoms with Crippen LogP contribution >= 0.6 is 12.2 Å². The molecule has 0 saturated carbocycles. The molecule has 6 heteroatoms. The number of nitrogens with one attached hydrogen (secondary N) is 2. The molecule has 0 bridgehead atoms. The van der Waals surface area contributed by atoms with Gasteiger partial charge in [0, 0.05) is 5.69 Å². The van der Waals surface area contributed by atoms with Crippen LogP contribution in [-0.4, -0.2) is 17.6 Å². The van der Waals surface area contributed by atoms with Gasteiger partial charge in [-0.15, -0.1) is 0 Å².